The average molecular weight is 271 g/mol. The Balaban J connectivity index is 2.10. The van der Waals surface area contributed by atoms with Crippen LogP contribution < -0.4 is 4.74 Å². The number of aromatic nitrogens is 1. The Kier molecular flexibility index (Phi) is 4.01. The predicted molar refractivity (Wildman–Crippen MR) is 67.9 cm³/mol. The van der Waals surface area contributed by atoms with E-state index in [0.717, 1.165) is 19.3 Å². The lowest BCUT2D eigenvalue weighted by atomic mass is 9.89. The lowest BCUT2D eigenvalue weighted by Crippen LogP contribution is -2.24. The SMILES string of the molecule is CC1CCCC(Oc2cc([N+](=O)[O-])cc(Cl)n2)C1. The summed E-state index contributed by atoms with van der Waals surface area (Å²) in [5, 5.41) is 10.8. The van der Waals surface area contributed by atoms with Gasteiger partial charge in [-0.2, -0.15) is 0 Å². The van der Waals surface area contributed by atoms with Crippen molar-refractivity contribution in [2.24, 2.45) is 5.92 Å². The van der Waals surface area contributed by atoms with Gasteiger partial charge in [0.1, 0.15) is 11.3 Å². The van der Waals surface area contributed by atoms with Gasteiger partial charge >= 0.3 is 0 Å². The third kappa shape index (κ3) is 3.32. The first-order valence-electron chi connectivity index (χ1n) is 6.03. The molecule has 1 saturated carbocycles. The summed E-state index contributed by atoms with van der Waals surface area (Å²) in [7, 11) is 0. The van der Waals surface area contributed by atoms with Crippen LogP contribution >= 0.6 is 11.6 Å². The molecule has 0 aliphatic heterocycles. The van der Waals surface area contributed by atoms with Gasteiger partial charge in [-0.05, 0) is 25.2 Å². The van der Waals surface area contributed by atoms with E-state index in [2.05, 4.69) is 11.9 Å². The summed E-state index contributed by atoms with van der Waals surface area (Å²) in [6, 6.07) is 2.54. The van der Waals surface area contributed by atoms with Gasteiger partial charge in [0.05, 0.1) is 17.1 Å². The van der Waals surface area contributed by atoms with Gasteiger partial charge in [0.2, 0.25) is 5.88 Å². The highest BCUT2D eigenvalue weighted by atomic mass is 35.5. The van der Waals surface area contributed by atoms with Crippen LogP contribution in [0.2, 0.25) is 5.15 Å². The molecule has 0 bridgehead atoms. The highest BCUT2D eigenvalue weighted by molar-refractivity contribution is 6.29. The van der Waals surface area contributed by atoms with Crippen molar-refractivity contribution in [2.45, 2.75) is 38.7 Å². The van der Waals surface area contributed by atoms with Crippen LogP contribution in [0, 0.1) is 16.0 Å². The maximum atomic E-state index is 10.7. The van der Waals surface area contributed by atoms with Crippen molar-refractivity contribution in [2.75, 3.05) is 0 Å². The Labute approximate surface area is 110 Å². The molecular weight excluding hydrogens is 256 g/mol. The van der Waals surface area contributed by atoms with E-state index in [1.165, 1.54) is 18.6 Å². The van der Waals surface area contributed by atoms with E-state index in [9.17, 15) is 10.1 Å². The van der Waals surface area contributed by atoms with Gasteiger partial charge in [0, 0.05) is 0 Å². The number of rotatable bonds is 3. The number of nitro groups is 1. The summed E-state index contributed by atoms with van der Waals surface area (Å²) in [6.07, 6.45) is 4.34. The van der Waals surface area contributed by atoms with Crippen LogP contribution in [-0.2, 0) is 0 Å². The van der Waals surface area contributed by atoms with E-state index in [1.54, 1.807) is 0 Å². The van der Waals surface area contributed by atoms with Crippen molar-refractivity contribution in [1.82, 2.24) is 4.98 Å². The molecule has 0 amide bonds. The monoisotopic (exact) mass is 270 g/mol. The van der Waals surface area contributed by atoms with Gasteiger partial charge in [0.15, 0.2) is 0 Å². The van der Waals surface area contributed by atoms with Gasteiger partial charge in [-0.15, -0.1) is 0 Å². The second-order valence-electron chi connectivity index (χ2n) is 4.76. The Bertz CT molecular complexity index is 453. The van der Waals surface area contributed by atoms with E-state index in [0.29, 0.717) is 5.92 Å². The number of hydrogen-bond acceptors (Lipinski definition) is 4. The molecule has 98 valence electrons. The van der Waals surface area contributed by atoms with Crippen LogP contribution in [0.25, 0.3) is 0 Å². The molecule has 1 aliphatic carbocycles. The molecule has 0 radical (unpaired) electrons. The van der Waals surface area contributed by atoms with E-state index in [1.807, 2.05) is 0 Å². The van der Waals surface area contributed by atoms with Crippen LogP contribution in [0.3, 0.4) is 0 Å². The number of ether oxygens (including phenoxy) is 1. The van der Waals surface area contributed by atoms with Crippen LogP contribution in [0.15, 0.2) is 12.1 Å². The summed E-state index contributed by atoms with van der Waals surface area (Å²) in [6.45, 7) is 2.18. The fourth-order valence-electron chi connectivity index (χ4n) is 2.28. The van der Waals surface area contributed by atoms with Crippen LogP contribution in [-0.4, -0.2) is 16.0 Å². The van der Waals surface area contributed by atoms with E-state index in [4.69, 9.17) is 16.3 Å². The van der Waals surface area contributed by atoms with Crippen molar-refractivity contribution in [1.29, 1.82) is 0 Å². The molecule has 0 N–H and O–H groups in total. The lowest BCUT2D eigenvalue weighted by molar-refractivity contribution is -0.385. The van der Waals surface area contributed by atoms with Gasteiger partial charge in [-0.1, -0.05) is 24.9 Å². The molecular formula is C12H15ClN2O3. The minimum atomic E-state index is -0.496. The number of pyridine rings is 1. The molecule has 1 aromatic rings. The smallest absolute Gasteiger partial charge is 0.277 e. The number of hydrogen-bond donors (Lipinski definition) is 0. The van der Waals surface area contributed by atoms with Gasteiger partial charge in [-0.3, -0.25) is 10.1 Å². The molecule has 1 aromatic heterocycles. The van der Waals surface area contributed by atoms with Crippen LogP contribution in [0.1, 0.15) is 32.6 Å². The fraction of sp³-hybridized carbons (Fsp3) is 0.583. The average Bonchev–Trinajstić information content (AvgIpc) is 2.28. The maximum absolute atomic E-state index is 10.7. The molecule has 1 fully saturated rings. The molecule has 0 spiro atoms. The largest absolute Gasteiger partial charge is 0.474 e. The Morgan fingerprint density at radius 3 is 2.94 bits per heavy atom. The van der Waals surface area contributed by atoms with Crippen molar-refractivity contribution in [3.8, 4) is 5.88 Å². The molecule has 5 nitrogen and oxygen atoms in total. The normalized spacial score (nSPS) is 23.7. The van der Waals surface area contributed by atoms with Crippen molar-refractivity contribution < 1.29 is 9.66 Å². The highest BCUT2D eigenvalue weighted by Gasteiger charge is 2.21. The van der Waals surface area contributed by atoms with E-state index < -0.39 is 4.92 Å². The topological polar surface area (TPSA) is 65.3 Å². The zero-order valence-corrected chi connectivity index (χ0v) is 10.9. The summed E-state index contributed by atoms with van der Waals surface area (Å²) < 4.78 is 5.70. The first-order valence-corrected chi connectivity index (χ1v) is 6.41. The molecule has 0 saturated heterocycles. The van der Waals surface area contributed by atoms with Crippen LogP contribution in [0.5, 0.6) is 5.88 Å². The lowest BCUT2D eigenvalue weighted by Gasteiger charge is -2.26. The predicted octanol–water partition coefficient (Wildman–Crippen LogP) is 3.60. The summed E-state index contributed by atoms with van der Waals surface area (Å²) in [5.74, 6) is 0.867. The minimum absolute atomic E-state index is 0.0827. The third-order valence-corrected chi connectivity index (χ3v) is 3.34. The first-order chi connectivity index (χ1) is 8.54. The Morgan fingerprint density at radius 1 is 1.50 bits per heavy atom. The second kappa shape index (κ2) is 5.52. The maximum Gasteiger partial charge on any atom is 0.277 e. The molecule has 6 heteroatoms. The van der Waals surface area contributed by atoms with E-state index >= 15 is 0 Å². The Morgan fingerprint density at radius 2 is 2.28 bits per heavy atom. The van der Waals surface area contributed by atoms with Gasteiger partial charge < -0.3 is 4.74 Å². The third-order valence-electron chi connectivity index (χ3n) is 3.14. The second-order valence-corrected chi connectivity index (χ2v) is 5.14. The molecule has 18 heavy (non-hydrogen) atoms. The van der Waals surface area contributed by atoms with Gasteiger partial charge in [-0.25, -0.2) is 4.98 Å². The summed E-state index contributed by atoms with van der Waals surface area (Å²) in [4.78, 5) is 14.2. The molecule has 2 rings (SSSR count). The molecule has 1 aliphatic rings. The number of halogens is 1. The standard InChI is InChI=1S/C12H15ClN2O3/c1-8-3-2-4-10(5-8)18-12-7-9(15(16)17)6-11(13)14-12/h6-8,10H,2-5H2,1H3. The first kappa shape index (κ1) is 13.1. The molecule has 2 unspecified atom stereocenters. The Hall–Kier alpha value is -1.36. The zero-order valence-electron chi connectivity index (χ0n) is 10.1. The summed E-state index contributed by atoms with van der Waals surface area (Å²) in [5.41, 5.74) is -0.0890. The van der Waals surface area contributed by atoms with E-state index in [-0.39, 0.29) is 22.8 Å². The van der Waals surface area contributed by atoms with Crippen molar-refractivity contribution in [3.05, 3.63) is 27.4 Å². The van der Waals surface area contributed by atoms with Crippen molar-refractivity contribution in [3.63, 3.8) is 0 Å². The summed E-state index contributed by atoms with van der Waals surface area (Å²) >= 11 is 5.74. The highest BCUT2D eigenvalue weighted by Crippen LogP contribution is 2.29. The minimum Gasteiger partial charge on any atom is -0.474 e. The number of nitrogens with zero attached hydrogens (tertiary/aromatic N) is 2. The molecule has 2 atom stereocenters. The zero-order chi connectivity index (χ0) is 13.1. The van der Waals surface area contributed by atoms with Crippen molar-refractivity contribution >= 4 is 17.3 Å². The molecule has 1 heterocycles. The quantitative estimate of drug-likeness (QED) is 0.478. The van der Waals surface area contributed by atoms with Gasteiger partial charge in [0.25, 0.3) is 5.69 Å². The fourth-order valence-corrected chi connectivity index (χ4v) is 2.48. The van der Waals surface area contributed by atoms with Crippen LogP contribution in [0.4, 0.5) is 5.69 Å². The molecule has 0 aromatic carbocycles.